The first-order valence-corrected chi connectivity index (χ1v) is 11.5. The number of fused-ring (bicyclic) bond motifs is 2. The highest BCUT2D eigenvalue weighted by Crippen LogP contribution is 2.57. The fourth-order valence-corrected chi connectivity index (χ4v) is 4.55. The molecular weight excluding hydrogens is 422 g/mol. The van der Waals surface area contributed by atoms with Crippen molar-refractivity contribution in [1.82, 2.24) is 9.88 Å². The molecule has 8 nitrogen and oxygen atoms in total. The van der Waals surface area contributed by atoms with Crippen molar-refractivity contribution in [2.45, 2.75) is 59.2 Å². The van der Waals surface area contributed by atoms with E-state index < -0.39 is 11.5 Å². The Kier molecular flexibility index (Phi) is 5.88. The molecule has 4 rings (SSSR count). The number of ether oxygens (including phenoxy) is 3. The van der Waals surface area contributed by atoms with Crippen LogP contribution in [0.25, 0.3) is 10.8 Å². The highest BCUT2D eigenvalue weighted by molar-refractivity contribution is 6.01. The average Bonchev–Trinajstić information content (AvgIpc) is 3.44. The molecule has 1 aromatic carbocycles. The standard InChI is InChI=1S/C25H33N3O5/c1-15(2)32-20-11-18-16(10-19(20)21(26)29)6-8-27-22(18)31-14-25-12-17(25)7-9-28(13-25)23(30)33-24(3,4)5/h6,8,10-11,15,17H,7,9,12-14H2,1-5H3,(H2,26,29)/t17-,25-/m1/s1. The second-order valence-corrected chi connectivity index (χ2v) is 10.5. The molecular formula is C25H33N3O5. The third-order valence-electron chi connectivity index (χ3n) is 6.22. The van der Waals surface area contributed by atoms with Gasteiger partial charge in [-0.05, 0) is 77.0 Å². The van der Waals surface area contributed by atoms with E-state index >= 15 is 0 Å². The lowest BCUT2D eigenvalue weighted by Gasteiger charge is -2.34. The number of rotatable bonds is 6. The predicted molar refractivity (Wildman–Crippen MR) is 124 cm³/mol. The summed E-state index contributed by atoms with van der Waals surface area (Å²) in [4.78, 5) is 30.8. The molecule has 2 aliphatic rings. The van der Waals surface area contributed by atoms with Gasteiger partial charge < -0.3 is 24.8 Å². The van der Waals surface area contributed by atoms with Gasteiger partial charge in [0, 0.05) is 30.1 Å². The second-order valence-electron chi connectivity index (χ2n) is 10.5. The Morgan fingerprint density at radius 3 is 2.73 bits per heavy atom. The first-order chi connectivity index (χ1) is 15.5. The maximum atomic E-state index is 12.6. The largest absolute Gasteiger partial charge is 0.490 e. The number of carbonyl (C=O) groups excluding carboxylic acids is 2. The Labute approximate surface area is 194 Å². The third-order valence-corrected chi connectivity index (χ3v) is 6.22. The van der Waals surface area contributed by atoms with Crippen molar-refractivity contribution in [3.8, 4) is 11.6 Å². The van der Waals surface area contributed by atoms with Gasteiger partial charge in [-0.1, -0.05) is 0 Å². The number of primary amides is 1. The molecule has 1 aliphatic heterocycles. The van der Waals surface area contributed by atoms with Gasteiger partial charge in [0.25, 0.3) is 5.91 Å². The lowest BCUT2D eigenvalue weighted by atomic mass is 9.98. The van der Waals surface area contributed by atoms with Gasteiger partial charge in [-0.3, -0.25) is 4.79 Å². The number of pyridine rings is 1. The van der Waals surface area contributed by atoms with Gasteiger partial charge in [0.2, 0.25) is 5.88 Å². The zero-order valence-corrected chi connectivity index (χ0v) is 20.0. The van der Waals surface area contributed by atoms with Crippen LogP contribution >= 0.6 is 0 Å². The maximum Gasteiger partial charge on any atom is 0.410 e. The number of amides is 2. The SMILES string of the molecule is CC(C)Oc1cc2c(OC[C@]34C[C@H]3CCN(C(=O)OC(C)(C)C)C4)nccc2cc1C(N)=O. The third kappa shape index (κ3) is 4.99. The predicted octanol–water partition coefficient (Wildman–Crippen LogP) is 4.15. The molecule has 2 heterocycles. The van der Waals surface area contributed by atoms with Crippen LogP contribution in [-0.2, 0) is 4.74 Å². The molecule has 1 saturated heterocycles. The summed E-state index contributed by atoms with van der Waals surface area (Å²) in [5.74, 6) is 0.883. The quantitative estimate of drug-likeness (QED) is 0.702. The van der Waals surface area contributed by atoms with E-state index in [1.165, 1.54) is 0 Å². The molecule has 0 bridgehead atoms. The molecule has 0 radical (unpaired) electrons. The molecule has 2 atom stereocenters. The van der Waals surface area contributed by atoms with E-state index in [1.807, 2.05) is 40.7 Å². The topological polar surface area (TPSA) is 104 Å². The summed E-state index contributed by atoms with van der Waals surface area (Å²) in [6, 6.07) is 5.30. The Bertz CT molecular complexity index is 1080. The summed E-state index contributed by atoms with van der Waals surface area (Å²) in [5.41, 5.74) is 5.29. The number of aromatic nitrogens is 1. The van der Waals surface area contributed by atoms with Crippen molar-refractivity contribution < 1.29 is 23.8 Å². The fourth-order valence-electron chi connectivity index (χ4n) is 4.55. The number of likely N-dealkylation sites (tertiary alicyclic amines) is 1. The zero-order chi connectivity index (χ0) is 24.0. The molecule has 0 unspecified atom stereocenters. The summed E-state index contributed by atoms with van der Waals surface area (Å²) >= 11 is 0. The fraction of sp³-hybridized carbons (Fsp3) is 0.560. The van der Waals surface area contributed by atoms with E-state index in [0.29, 0.717) is 42.8 Å². The lowest BCUT2D eigenvalue weighted by Crippen LogP contribution is -2.45. The normalized spacial score (nSPS) is 22.1. The molecule has 1 saturated carbocycles. The van der Waals surface area contributed by atoms with Crippen LogP contribution < -0.4 is 15.2 Å². The molecule has 2 amide bonds. The minimum absolute atomic E-state index is 0.0799. The number of nitrogens with zero attached hydrogens (tertiary/aromatic N) is 2. The van der Waals surface area contributed by atoms with Crippen LogP contribution in [-0.4, -0.2) is 53.3 Å². The van der Waals surface area contributed by atoms with E-state index in [2.05, 4.69) is 4.98 Å². The van der Waals surface area contributed by atoms with E-state index in [1.54, 1.807) is 23.2 Å². The van der Waals surface area contributed by atoms with Gasteiger partial charge in [-0.25, -0.2) is 9.78 Å². The summed E-state index contributed by atoms with van der Waals surface area (Å²) in [6.45, 7) is 11.2. The van der Waals surface area contributed by atoms with E-state index in [0.717, 1.165) is 23.6 Å². The van der Waals surface area contributed by atoms with Crippen LogP contribution in [0.5, 0.6) is 11.6 Å². The van der Waals surface area contributed by atoms with Crippen LogP contribution in [0.1, 0.15) is 57.8 Å². The zero-order valence-electron chi connectivity index (χ0n) is 20.0. The molecule has 33 heavy (non-hydrogen) atoms. The number of hydrogen-bond donors (Lipinski definition) is 1. The minimum Gasteiger partial charge on any atom is -0.490 e. The Morgan fingerprint density at radius 1 is 1.30 bits per heavy atom. The average molecular weight is 456 g/mol. The van der Waals surface area contributed by atoms with Crippen molar-refractivity contribution >= 4 is 22.8 Å². The van der Waals surface area contributed by atoms with Gasteiger partial charge in [0.05, 0.1) is 18.3 Å². The molecule has 2 fully saturated rings. The summed E-state index contributed by atoms with van der Waals surface area (Å²) in [5, 5.41) is 1.56. The van der Waals surface area contributed by atoms with Gasteiger partial charge >= 0.3 is 6.09 Å². The van der Waals surface area contributed by atoms with Crippen molar-refractivity contribution in [1.29, 1.82) is 0 Å². The van der Waals surface area contributed by atoms with Crippen LogP contribution in [0.4, 0.5) is 4.79 Å². The Hall–Kier alpha value is -3.03. The summed E-state index contributed by atoms with van der Waals surface area (Å²) in [7, 11) is 0. The summed E-state index contributed by atoms with van der Waals surface area (Å²) < 4.78 is 17.6. The highest BCUT2D eigenvalue weighted by Gasteiger charge is 2.58. The molecule has 2 aromatic rings. The molecule has 8 heteroatoms. The van der Waals surface area contributed by atoms with Crippen molar-refractivity contribution in [2.75, 3.05) is 19.7 Å². The highest BCUT2D eigenvalue weighted by atomic mass is 16.6. The smallest absolute Gasteiger partial charge is 0.410 e. The van der Waals surface area contributed by atoms with E-state index in [-0.39, 0.29) is 17.6 Å². The first-order valence-electron chi connectivity index (χ1n) is 11.5. The van der Waals surface area contributed by atoms with Crippen molar-refractivity contribution in [3.63, 3.8) is 0 Å². The van der Waals surface area contributed by atoms with Gasteiger partial charge in [0.1, 0.15) is 11.4 Å². The van der Waals surface area contributed by atoms with E-state index in [9.17, 15) is 9.59 Å². The lowest BCUT2D eigenvalue weighted by molar-refractivity contribution is 0.0119. The molecule has 178 valence electrons. The maximum absolute atomic E-state index is 12.6. The van der Waals surface area contributed by atoms with E-state index in [4.69, 9.17) is 19.9 Å². The van der Waals surface area contributed by atoms with Crippen LogP contribution in [0.3, 0.4) is 0 Å². The molecule has 1 aliphatic carbocycles. The number of carbonyl (C=O) groups is 2. The van der Waals surface area contributed by atoms with Gasteiger partial charge in [-0.15, -0.1) is 0 Å². The Morgan fingerprint density at radius 2 is 2.06 bits per heavy atom. The molecule has 1 aromatic heterocycles. The second kappa shape index (κ2) is 8.39. The Balaban J connectivity index is 1.53. The van der Waals surface area contributed by atoms with Gasteiger partial charge in [0.15, 0.2) is 0 Å². The number of hydrogen-bond acceptors (Lipinski definition) is 6. The van der Waals surface area contributed by atoms with Crippen molar-refractivity contribution in [3.05, 3.63) is 30.0 Å². The van der Waals surface area contributed by atoms with Crippen molar-refractivity contribution in [2.24, 2.45) is 17.1 Å². The van der Waals surface area contributed by atoms with Crippen LogP contribution in [0.2, 0.25) is 0 Å². The summed E-state index contributed by atoms with van der Waals surface area (Å²) in [6.07, 6.45) is 3.23. The van der Waals surface area contributed by atoms with Crippen LogP contribution in [0.15, 0.2) is 24.4 Å². The monoisotopic (exact) mass is 455 g/mol. The minimum atomic E-state index is -0.545. The number of nitrogens with two attached hydrogens (primary N) is 1. The number of benzene rings is 1. The molecule has 0 spiro atoms. The first kappa shape index (κ1) is 23.1. The van der Waals surface area contributed by atoms with Gasteiger partial charge in [-0.2, -0.15) is 0 Å². The molecule has 2 N–H and O–H groups in total. The van der Waals surface area contributed by atoms with Crippen LogP contribution in [0, 0.1) is 11.3 Å². The number of piperidine rings is 1.